The number of halogens is 1. The molecule has 0 radical (unpaired) electrons. The number of hydrogen-bond acceptors (Lipinski definition) is 6. The second kappa shape index (κ2) is 6.87. The van der Waals surface area contributed by atoms with E-state index in [4.69, 9.17) is 4.74 Å². The number of H-pyrrole nitrogens is 1. The molecule has 4 atom stereocenters. The molecule has 144 valence electrons. The van der Waals surface area contributed by atoms with Crippen LogP contribution in [0.3, 0.4) is 0 Å². The predicted molar refractivity (Wildman–Crippen MR) is 101 cm³/mol. The number of aromatic nitrogens is 4. The Morgan fingerprint density at radius 3 is 2.79 bits per heavy atom. The van der Waals surface area contributed by atoms with Crippen LogP contribution in [0.1, 0.15) is 19.3 Å². The van der Waals surface area contributed by atoms with Crippen LogP contribution in [0.25, 0.3) is 22.4 Å². The van der Waals surface area contributed by atoms with Gasteiger partial charge in [-0.1, -0.05) is 6.07 Å². The number of phenolic OH excluding ortho intramolecular Hbond substituents is 1. The van der Waals surface area contributed by atoms with E-state index >= 15 is 0 Å². The molecule has 2 aromatic heterocycles. The first-order valence-electron chi connectivity index (χ1n) is 9.40. The lowest BCUT2D eigenvalue weighted by atomic mass is 10.0. The van der Waals surface area contributed by atoms with Crippen LogP contribution < -0.4 is 10.1 Å². The average Bonchev–Trinajstić information content (AvgIpc) is 3.37. The number of ether oxygens (including phenoxy) is 1. The molecule has 2 aliphatic rings. The van der Waals surface area contributed by atoms with Gasteiger partial charge < -0.3 is 15.2 Å². The van der Waals surface area contributed by atoms with Crippen LogP contribution in [0.2, 0.25) is 0 Å². The van der Waals surface area contributed by atoms with Crippen molar-refractivity contribution in [1.82, 2.24) is 25.7 Å². The maximum absolute atomic E-state index is 14.5. The summed E-state index contributed by atoms with van der Waals surface area (Å²) >= 11 is 0. The van der Waals surface area contributed by atoms with Gasteiger partial charge in [0.25, 0.3) is 0 Å². The van der Waals surface area contributed by atoms with E-state index in [2.05, 4.69) is 25.7 Å². The minimum absolute atomic E-state index is 0.0976. The molecule has 0 unspecified atom stereocenters. The van der Waals surface area contributed by atoms with Gasteiger partial charge in [-0.05, 0) is 36.6 Å². The molecule has 8 heteroatoms. The first kappa shape index (κ1) is 17.1. The minimum atomic E-state index is -1.04. The molecule has 0 aliphatic carbocycles. The van der Waals surface area contributed by atoms with E-state index in [1.807, 2.05) is 6.07 Å². The van der Waals surface area contributed by atoms with Gasteiger partial charge in [0.1, 0.15) is 11.9 Å². The second-order valence-electron chi connectivity index (χ2n) is 7.36. The van der Waals surface area contributed by atoms with Gasteiger partial charge in [0, 0.05) is 41.9 Å². The van der Waals surface area contributed by atoms with E-state index < -0.39 is 12.3 Å². The van der Waals surface area contributed by atoms with Crippen LogP contribution in [0.15, 0.2) is 42.7 Å². The number of nitrogens with one attached hydrogen (secondary N) is 2. The quantitative estimate of drug-likeness (QED) is 0.643. The molecule has 2 saturated heterocycles. The number of hydrogen-bond donors (Lipinski definition) is 3. The fraction of sp³-hybridized carbons (Fsp3) is 0.350. The molecule has 1 aromatic carbocycles. The SMILES string of the molecule is Oc1cc(-c2cn[nH]c2)ccc1-c1ccc(O[C@@H]2C[C@H]3CC[C@H](N3)[C@H]2F)nn1. The monoisotopic (exact) mass is 381 g/mol. The molecule has 3 aromatic rings. The Morgan fingerprint density at radius 2 is 2.04 bits per heavy atom. The van der Waals surface area contributed by atoms with Gasteiger partial charge in [-0.2, -0.15) is 5.10 Å². The fourth-order valence-electron chi connectivity index (χ4n) is 4.09. The van der Waals surface area contributed by atoms with Crippen LogP contribution in [-0.2, 0) is 0 Å². The lowest BCUT2D eigenvalue weighted by molar-refractivity contribution is 0.0422. The highest BCUT2D eigenvalue weighted by Gasteiger charge is 2.43. The van der Waals surface area contributed by atoms with Crippen LogP contribution in [-0.4, -0.2) is 49.9 Å². The summed E-state index contributed by atoms with van der Waals surface area (Å²) in [4.78, 5) is 0. The Kier molecular flexibility index (Phi) is 4.20. The molecule has 7 nitrogen and oxygen atoms in total. The summed E-state index contributed by atoms with van der Waals surface area (Å²) in [5.41, 5.74) is 2.81. The fourth-order valence-corrected chi connectivity index (χ4v) is 4.09. The van der Waals surface area contributed by atoms with Gasteiger partial charge in [-0.3, -0.25) is 5.10 Å². The number of fused-ring (bicyclic) bond motifs is 2. The van der Waals surface area contributed by atoms with Gasteiger partial charge in [0.05, 0.1) is 11.9 Å². The minimum Gasteiger partial charge on any atom is -0.507 e. The maximum Gasteiger partial charge on any atom is 0.233 e. The number of rotatable bonds is 4. The molecule has 0 saturated carbocycles. The molecular formula is C20H20FN5O2. The van der Waals surface area contributed by atoms with Crippen molar-refractivity contribution in [3.05, 3.63) is 42.7 Å². The summed E-state index contributed by atoms with van der Waals surface area (Å²) in [6.07, 6.45) is 4.38. The topological polar surface area (TPSA) is 96.0 Å². The Hall–Kier alpha value is -3.00. The normalized spacial score (nSPS) is 26.3. The van der Waals surface area contributed by atoms with Crippen molar-refractivity contribution in [2.24, 2.45) is 0 Å². The van der Waals surface area contributed by atoms with E-state index in [1.165, 1.54) is 0 Å². The number of nitrogens with zero attached hydrogens (tertiary/aromatic N) is 3. The van der Waals surface area contributed by atoms with Gasteiger partial charge in [0.15, 0.2) is 6.17 Å². The summed E-state index contributed by atoms with van der Waals surface area (Å²) < 4.78 is 20.3. The van der Waals surface area contributed by atoms with Crippen LogP contribution in [0.5, 0.6) is 11.6 Å². The Balaban J connectivity index is 1.32. The van der Waals surface area contributed by atoms with Gasteiger partial charge in [0.2, 0.25) is 5.88 Å². The highest BCUT2D eigenvalue weighted by atomic mass is 19.1. The Morgan fingerprint density at radius 1 is 1.11 bits per heavy atom. The zero-order valence-corrected chi connectivity index (χ0v) is 15.0. The Bertz CT molecular complexity index is 963. The third-order valence-electron chi connectivity index (χ3n) is 5.55. The Labute approximate surface area is 161 Å². The number of piperidine rings is 1. The van der Waals surface area contributed by atoms with E-state index in [-0.39, 0.29) is 11.8 Å². The predicted octanol–water partition coefficient (Wildman–Crippen LogP) is 2.85. The second-order valence-corrected chi connectivity index (χ2v) is 7.36. The van der Waals surface area contributed by atoms with E-state index in [0.717, 1.165) is 24.0 Å². The summed E-state index contributed by atoms with van der Waals surface area (Å²) in [5.74, 6) is 0.396. The van der Waals surface area contributed by atoms with Crippen LogP contribution in [0.4, 0.5) is 4.39 Å². The van der Waals surface area contributed by atoms with Crippen molar-refractivity contribution in [1.29, 1.82) is 0 Å². The van der Waals surface area contributed by atoms with Crippen molar-refractivity contribution in [3.63, 3.8) is 0 Å². The summed E-state index contributed by atoms with van der Waals surface area (Å²) in [5, 5.41) is 28.6. The number of alkyl halides is 1. The van der Waals surface area contributed by atoms with Crippen LogP contribution >= 0.6 is 0 Å². The first-order chi connectivity index (χ1) is 13.7. The molecular weight excluding hydrogens is 361 g/mol. The molecule has 3 N–H and O–H groups in total. The molecule has 0 amide bonds. The maximum atomic E-state index is 14.5. The molecule has 2 bridgehead atoms. The highest BCUT2D eigenvalue weighted by Crippen LogP contribution is 2.34. The average molecular weight is 381 g/mol. The number of aromatic amines is 1. The molecule has 5 rings (SSSR count). The zero-order valence-electron chi connectivity index (χ0n) is 15.0. The van der Waals surface area contributed by atoms with Gasteiger partial charge >= 0.3 is 0 Å². The summed E-state index contributed by atoms with van der Waals surface area (Å²) in [6, 6.07) is 8.90. The van der Waals surface area contributed by atoms with E-state index in [1.54, 1.807) is 36.7 Å². The summed E-state index contributed by atoms with van der Waals surface area (Å²) in [6.45, 7) is 0. The van der Waals surface area contributed by atoms with Crippen molar-refractivity contribution in [2.75, 3.05) is 0 Å². The van der Waals surface area contributed by atoms with E-state index in [0.29, 0.717) is 29.6 Å². The molecule has 4 heterocycles. The lowest BCUT2D eigenvalue weighted by Gasteiger charge is -2.32. The van der Waals surface area contributed by atoms with Crippen molar-refractivity contribution < 1.29 is 14.2 Å². The smallest absolute Gasteiger partial charge is 0.233 e. The summed E-state index contributed by atoms with van der Waals surface area (Å²) in [7, 11) is 0. The number of phenols is 1. The molecule has 2 fully saturated rings. The third kappa shape index (κ3) is 3.09. The number of benzene rings is 1. The zero-order chi connectivity index (χ0) is 19.1. The highest BCUT2D eigenvalue weighted by molar-refractivity contribution is 5.73. The van der Waals surface area contributed by atoms with Crippen molar-refractivity contribution >= 4 is 0 Å². The largest absolute Gasteiger partial charge is 0.507 e. The standard InChI is InChI=1S/C20H20FN5O2/c21-20-16-4-2-13(24-16)8-18(20)28-19-6-5-15(25-26-19)14-3-1-11(7-17(14)27)12-9-22-23-10-12/h1,3,5-7,9-10,13,16,18,20,24,27H,2,4,8H2,(H,22,23)/t13-,16+,18-,20-/m1/s1. The van der Waals surface area contributed by atoms with Crippen molar-refractivity contribution in [3.8, 4) is 34.0 Å². The molecule has 2 aliphatic heterocycles. The first-order valence-corrected chi connectivity index (χ1v) is 9.40. The van der Waals surface area contributed by atoms with Gasteiger partial charge in [-0.25, -0.2) is 4.39 Å². The number of aromatic hydroxyl groups is 1. The third-order valence-corrected chi connectivity index (χ3v) is 5.55. The van der Waals surface area contributed by atoms with Crippen LogP contribution in [0, 0.1) is 0 Å². The van der Waals surface area contributed by atoms with Crippen molar-refractivity contribution in [2.45, 2.75) is 43.6 Å². The lowest BCUT2D eigenvalue weighted by Crippen LogP contribution is -2.51. The van der Waals surface area contributed by atoms with E-state index in [9.17, 15) is 9.50 Å². The van der Waals surface area contributed by atoms with Gasteiger partial charge in [-0.15, -0.1) is 10.2 Å². The molecule has 28 heavy (non-hydrogen) atoms. The molecule has 0 spiro atoms.